The van der Waals surface area contributed by atoms with Gasteiger partial charge in [-0.15, -0.1) is 0 Å². The summed E-state index contributed by atoms with van der Waals surface area (Å²) in [7, 11) is 4.89. The van der Waals surface area contributed by atoms with Crippen LogP contribution < -0.4 is 20.1 Å². The molecular weight excluding hydrogens is 284 g/mol. The largest absolute Gasteiger partial charge is 0.497 e. The van der Waals surface area contributed by atoms with E-state index < -0.39 is 0 Å². The monoisotopic (exact) mass is 308 g/mol. The summed E-state index contributed by atoms with van der Waals surface area (Å²) in [4.78, 5) is 12.4. The van der Waals surface area contributed by atoms with Gasteiger partial charge in [0, 0.05) is 38.2 Å². The maximum Gasteiger partial charge on any atom is 0.225 e. The van der Waals surface area contributed by atoms with Gasteiger partial charge >= 0.3 is 0 Å². The van der Waals surface area contributed by atoms with Crippen LogP contribution in [-0.4, -0.2) is 53.5 Å². The maximum atomic E-state index is 12.4. The van der Waals surface area contributed by atoms with Crippen molar-refractivity contribution in [3.8, 4) is 11.5 Å². The standard InChI is InChI=1S/C16H24N2O4/c1-20-7-6-18-16(19)14-10-17-9-13(14)12-8-11(21-2)4-5-15(12)22-3/h4-5,8,13-14,17H,6-7,9-10H2,1-3H3,(H,18,19). The highest BCUT2D eigenvalue weighted by atomic mass is 16.5. The molecule has 0 bridgehead atoms. The van der Waals surface area contributed by atoms with Crippen LogP contribution in [-0.2, 0) is 9.53 Å². The van der Waals surface area contributed by atoms with Crippen LogP contribution in [0.15, 0.2) is 18.2 Å². The van der Waals surface area contributed by atoms with Crippen LogP contribution in [0.4, 0.5) is 0 Å². The third-order valence-electron chi connectivity index (χ3n) is 3.99. The Morgan fingerprint density at radius 2 is 2.09 bits per heavy atom. The second-order valence-electron chi connectivity index (χ2n) is 5.26. The smallest absolute Gasteiger partial charge is 0.225 e. The summed E-state index contributed by atoms with van der Waals surface area (Å²) in [6.45, 7) is 2.43. The van der Waals surface area contributed by atoms with E-state index in [1.165, 1.54) is 0 Å². The molecule has 0 spiro atoms. The molecule has 2 rings (SSSR count). The lowest BCUT2D eigenvalue weighted by Crippen LogP contribution is -2.36. The molecule has 22 heavy (non-hydrogen) atoms. The second kappa shape index (κ2) is 8.00. The van der Waals surface area contributed by atoms with Gasteiger partial charge in [-0.3, -0.25) is 4.79 Å². The van der Waals surface area contributed by atoms with E-state index in [4.69, 9.17) is 14.2 Å². The first-order valence-electron chi connectivity index (χ1n) is 7.40. The van der Waals surface area contributed by atoms with E-state index in [-0.39, 0.29) is 17.7 Å². The van der Waals surface area contributed by atoms with E-state index >= 15 is 0 Å². The highest BCUT2D eigenvalue weighted by Gasteiger charge is 2.35. The van der Waals surface area contributed by atoms with Crippen molar-refractivity contribution >= 4 is 5.91 Å². The molecule has 1 aliphatic rings. The number of hydrogen-bond donors (Lipinski definition) is 2. The summed E-state index contributed by atoms with van der Waals surface area (Å²) < 4.78 is 15.7. The molecule has 1 saturated heterocycles. The molecule has 0 radical (unpaired) electrons. The molecule has 2 unspecified atom stereocenters. The third kappa shape index (κ3) is 3.69. The average molecular weight is 308 g/mol. The van der Waals surface area contributed by atoms with E-state index in [0.29, 0.717) is 19.7 Å². The zero-order chi connectivity index (χ0) is 15.9. The van der Waals surface area contributed by atoms with Gasteiger partial charge in [0.2, 0.25) is 5.91 Å². The van der Waals surface area contributed by atoms with Gasteiger partial charge in [-0.25, -0.2) is 0 Å². The Bertz CT molecular complexity index is 507. The highest BCUT2D eigenvalue weighted by Crippen LogP contribution is 2.36. The molecule has 1 aliphatic heterocycles. The lowest BCUT2D eigenvalue weighted by molar-refractivity contribution is -0.125. The van der Waals surface area contributed by atoms with Gasteiger partial charge < -0.3 is 24.8 Å². The lowest BCUT2D eigenvalue weighted by Gasteiger charge is -2.21. The summed E-state index contributed by atoms with van der Waals surface area (Å²) in [6.07, 6.45) is 0. The van der Waals surface area contributed by atoms with E-state index in [2.05, 4.69) is 10.6 Å². The van der Waals surface area contributed by atoms with Crippen molar-refractivity contribution < 1.29 is 19.0 Å². The first-order valence-corrected chi connectivity index (χ1v) is 7.40. The number of nitrogens with one attached hydrogen (secondary N) is 2. The number of methoxy groups -OCH3 is 3. The predicted molar refractivity (Wildman–Crippen MR) is 83.5 cm³/mol. The minimum absolute atomic E-state index is 0.0388. The van der Waals surface area contributed by atoms with Crippen LogP contribution in [0.5, 0.6) is 11.5 Å². The molecule has 6 heteroatoms. The van der Waals surface area contributed by atoms with Crippen LogP contribution in [0, 0.1) is 5.92 Å². The molecule has 1 amide bonds. The molecule has 2 N–H and O–H groups in total. The molecule has 1 aromatic rings. The Morgan fingerprint density at radius 3 is 2.77 bits per heavy atom. The van der Waals surface area contributed by atoms with Crippen molar-refractivity contribution in [2.75, 3.05) is 47.6 Å². The molecule has 0 aromatic heterocycles. The average Bonchev–Trinajstić information content (AvgIpc) is 3.03. The fraction of sp³-hybridized carbons (Fsp3) is 0.562. The maximum absolute atomic E-state index is 12.4. The minimum atomic E-state index is -0.127. The van der Waals surface area contributed by atoms with Gasteiger partial charge in [0.15, 0.2) is 0 Å². The SMILES string of the molecule is COCCNC(=O)C1CNCC1c1cc(OC)ccc1OC. The summed E-state index contributed by atoms with van der Waals surface area (Å²) in [5.41, 5.74) is 0.999. The quantitative estimate of drug-likeness (QED) is 0.728. The first kappa shape index (κ1) is 16.6. The van der Waals surface area contributed by atoms with Crippen molar-refractivity contribution in [3.63, 3.8) is 0 Å². The number of ether oxygens (including phenoxy) is 3. The number of rotatable bonds is 7. The summed E-state index contributed by atoms with van der Waals surface area (Å²) >= 11 is 0. The van der Waals surface area contributed by atoms with E-state index in [9.17, 15) is 4.79 Å². The molecule has 0 aliphatic carbocycles. The summed E-state index contributed by atoms with van der Waals surface area (Å²) in [5, 5.41) is 6.21. The zero-order valence-corrected chi connectivity index (χ0v) is 13.3. The number of amides is 1. The highest BCUT2D eigenvalue weighted by molar-refractivity contribution is 5.80. The van der Waals surface area contributed by atoms with Gasteiger partial charge in [-0.05, 0) is 18.2 Å². The Balaban J connectivity index is 2.17. The Hall–Kier alpha value is -1.79. The van der Waals surface area contributed by atoms with Crippen LogP contribution in [0.2, 0.25) is 0 Å². The molecule has 1 heterocycles. The molecule has 6 nitrogen and oxygen atoms in total. The van der Waals surface area contributed by atoms with Crippen molar-refractivity contribution in [2.45, 2.75) is 5.92 Å². The Kier molecular flexibility index (Phi) is 6.03. The van der Waals surface area contributed by atoms with Crippen LogP contribution in [0.3, 0.4) is 0 Å². The van der Waals surface area contributed by atoms with Gasteiger partial charge in [-0.2, -0.15) is 0 Å². The van der Waals surface area contributed by atoms with E-state index in [1.54, 1.807) is 21.3 Å². The van der Waals surface area contributed by atoms with Gasteiger partial charge in [-0.1, -0.05) is 0 Å². The van der Waals surface area contributed by atoms with Crippen LogP contribution in [0.25, 0.3) is 0 Å². The van der Waals surface area contributed by atoms with Gasteiger partial charge in [0.1, 0.15) is 11.5 Å². The molecule has 1 aromatic carbocycles. The van der Waals surface area contributed by atoms with Gasteiger partial charge in [0.05, 0.1) is 26.7 Å². The number of carbonyl (C=O) groups is 1. The molecule has 122 valence electrons. The molecule has 2 atom stereocenters. The van der Waals surface area contributed by atoms with Crippen molar-refractivity contribution in [3.05, 3.63) is 23.8 Å². The van der Waals surface area contributed by atoms with Crippen LogP contribution in [0.1, 0.15) is 11.5 Å². The van der Waals surface area contributed by atoms with Gasteiger partial charge in [0.25, 0.3) is 0 Å². The fourth-order valence-corrected chi connectivity index (χ4v) is 2.82. The molecule has 0 saturated carbocycles. The Morgan fingerprint density at radius 1 is 1.27 bits per heavy atom. The van der Waals surface area contributed by atoms with Crippen molar-refractivity contribution in [2.24, 2.45) is 5.92 Å². The normalized spacial score (nSPS) is 20.7. The predicted octanol–water partition coefficient (Wildman–Crippen LogP) is 0.769. The lowest BCUT2D eigenvalue weighted by atomic mass is 9.87. The molecular formula is C16H24N2O4. The third-order valence-corrected chi connectivity index (χ3v) is 3.99. The van der Waals surface area contributed by atoms with Crippen LogP contribution >= 0.6 is 0 Å². The summed E-state index contributed by atoms with van der Waals surface area (Å²) in [5.74, 6) is 1.52. The summed E-state index contributed by atoms with van der Waals surface area (Å²) in [6, 6.07) is 5.69. The van der Waals surface area contributed by atoms with Crippen molar-refractivity contribution in [1.82, 2.24) is 10.6 Å². The number of carbonyl (C=O) groups excluding carboxylic acids is 1. The first-order chi connectivity index (χ1) is 10.7. The fourth-order valence-electron chi connectivity index (χ4n) is 2.82. The van der Waals surface area contributed by atoms with E-state index in [0.717, 1.165) is 23.6 Å². The van der Waals surface area contributed by atoms with E-state index in [1.807, 2.05) is 18.2 Å². The number of hydrogen-bond acceptors (Lipinski definition) is 5. The minimum Gasteiger partial charge on any atom is -0.497 e. The van der Waals surface area contributed by atoms with Crippen molar-refractivity contribution in [1.29, 1.82) is 0 Å². The number of benzene rings is 1. The zero-order valence-electron chi connectivity index (χ0n) is 13.3. The second-order valence-corrected chi connectivity index (χ2v) is 5.26. The Labute approximate surface area is 131 Å². The molecule has 1 fully saturated rings. The topological polar surface area (TPSA) is 68.8 Å².